The number of carbonyl (C=O) groups is 2. The Morgan fingerprint density at radius 2 is 1.87 bits per heavy atom. The molecule has 1 fully saturated rings. The Balaban J connectivity index is 1.41. The molecule has 162 valence electrons. The smallest absolute Gasteiger partial charge is 0.315 e. The van der Waals surface area contributed by atoms with E-state index in [9.17, 15) is 9.59 Å². The third-order valence-corrected chi connectivity index (χ3v) is 5.28. The van der Waals surface area contributed by atoms with Crippen LogP contribution in [0.25, 0.3) is 0 Å². The highest BCUT2D eigenvalue weighted by molar-refractivity contribution is 5.94. The lowest BCUT2D eigenvalue weighted by atomic mass is 9.96. The van der Waals surface area contributed by atoms with Gasteiger partial charge in [-0.15, -0.1) is 0 Å². The Morgan fingerprint density at radius 3 is 2.60 bits per heavy atom. The third kappa shape index (κ3) is 6.30. The highest BCUT2D eigenvalue weighted by atomic mass is 16.5. The molecule has 0 atom stereocenters. The number of hydrogen-bond acceptors (Lipinski definition) is 5. The number of nitrogens with one attached hydrogen (secondary N) is 3. The van der Waals surface area contributed by atoms with Crippen LogP contribution in [0.15, 0.2) is 34.9 Å². The Morgan fingerprint density at radius 1 is 1.13 bits per heavy atom. The minimum atomic E-state index is -0.771. The first-order valence-electron chi connectivity index (χ1n) is 10.7. The van der Waals surface area contributed by atoms with Gasteiger partial charge in [-0.3, -0.25) is 4.79 Å². The van der Waals surface area contributed by atoms with Gasteiger partial charge in [0.15, 0.2) is 5.82 Å². The second-order valence-electron chi connectivity index (χ2n) is 8.30. The van der Waals surface area contributed by atoms with E-state index in [1.165, 1.54) is 19.3 Å². The lowest BCUT2D eigenvalue weighted by molar-refractivity contribution is 0.0907. The second kappa shape index (κ2) is 10.2. The van der Waals surface area contributed by atoms with Gasteiger partial charge in [0.25, 0.3) is 5.91 Å². The van der Waals surface area contributed by atoms with Crippen molar-refractivity contribution in [3.63, 3.8) is 0 Å². The van der Waals surface area contributed by atoms with Gasteiger partial charge in [-0.2, -0.15) is 4.98 Å². The third-order valence-electron chi connectivity index (χ3n) is 5.28. The van der Waals surface area contributed by atoms with E-state index >= 15 is 0 Å². The monoisotopic (exact) mass is 413 g/mol. The van der Waals surface area contributed by atoms with Gasteiger partial charge in [0.05, 0.1) is 5.54 Å². The fourth-order valence-electron chi connectivity index (χ4n) is 3.54. The molecule has 1 saturated carbocycles. The number of hydrogen-bond donors (Lipinski definition) is 3. The molecule has 30 heavy (non-hydrogen) atoms. The first-order chi connectivity index (χ1) is 14.4. The maximum atomic E-state index is 12.4. The van der Waals surface area contributed by atoms with E-state index in [0.29, 0.717) is 42.7 Å². The molecule has 0 spiro atoms. The molecule has 1 aromatic carbocycles. The minimum Gasteiger partial charge on any atom is -0.340 e. The summed E-state index contributed by atoms with van der Waals surface area (Å²) in [6.07, 6.45) is 7.01. The van der Waals surface area contributed by atoms with Crippen molar-refractivity contribution in [2.24, 2.45) is 0 Å². The SMILES string of the molecule is CC(C)(NC(=O)c1ccccc1)c1noc(CCCNC(=O)NC2CCCCC2)n1. The minimum absolute atomic E-state index is 0.113. The van der Waals surface area contributed by atoms with Crippen LogP contribution >= 0.6 is 0 Å². The van der Waals surface area contributed by atoms with E-state index in [0.717, 1.165) is 12.8 Å². The van der Waals surface area contributed by atoms with Gasteiger partial charge >= 0.3 is 6.03 Å². The molecular weight excluding hydrogens is 382 g/mol. The molecule has 0 radical (unpaired) electrons. The number of carbonyl (C=O) groups excluding carboxylic acids is 2. The average Bonchev–Trinajstić information content (AvgIpc) is 3.22. The first-order valence-corrected chi connectivity index (χ1v) is 10.7. The van der Waals surface area contributed by atoms with E-state index in [-0.39, 0.29) is 11.9 Å². The van der Waals surface area contributed by atoms with Crippen molar-refractivity contribution in [3.05, 3.63) is 47.6 Å². The second-order valence-corrected chi connectivity index (χ2v) is 8.30. The van der Waals surface area contributed by atoms with Crippen molar-refractivity contribution in [3.8, 4) is 0 Å². The van der Waals surface area contributed by atoms with Gasteiger partial charge in [-0.1, -0.05) is 42.6 Å². The zero-order valence-electron chi connectivity index (χ0n) is 17.7. The van der Waals surface area contributed by atoms with Crippen molar-refractivity contribution >= 4 is 11.9 Å². The lowest BCUT2D eigenvalue weighted by Gasteiger charge is -2.22. The van der Waals surface area contributed by atoms with Crippen LogP contribution in [0.4, 0.5) is 4.79 Å². The Bertz CT molecular complexity index is 828. The van der Waals surface area contributed by atoms with Crippen LogP contribution in [0.1, 0.15) is 74.4 Å². The quantitative estimate of drug-likeness (QED) is 0.575. The lowest BCUT2D eigenvalue weighted by Crippen LogP contribution is -2.43. The maximum absolute atomic E-state index is 12.4. The topological polar surface area (TPSA) is 109 Å². The summed E-state index contributed by atoms with van der Waals surface area (Å²) in [4.78, 5) is 28.8. The molecule has 8 heteroatoms. The molecule has 0 saturated heterocycles. The molecule has 3 rings (SSSR count). The van der Waals surface area contributed by atoms with Gasteiger partial charge in [-0.25, -0.2) is 4.79 Å². The number of amides is 3. The maximum Gasteiger partial charge on any atom is 0.315 e. The molecule has 8 nitrogen and oxygen atoms in total. The predicted octanol–water partition coefficient (Wildman–Crippen LogP) is 3.30. The fourth-order valence-corrected chi connectivity index (χ4v) is 3.54. The van der Waals surface area contributed by atoms with Crippen LogP contribution in [0.5, 0.6) is 0 Å². The van der Waals surface area contributed by atoms with E-state index in [2.05, 4.69) is 26.1 Å². The summed E-state index contributed by atoms with van der Waals surface area (Å²) in [6.45, 7) is 4.20. The molecule has 1 aliphatic rings. The summed E-state index contributed by atoms with van der Waals surface area (Å²) >= 11 is 0. The van der Waals surface area contributed by atoms with Crippen LogP contribution in [0.2, 0.25) is 0 Å². The fraction of sp³-hybridized carbons (Fsp3) is 0.545. The molecular formula is C22H31N5O3. The number of nitrogens with zero attached hydrogens (tertiary/aromatic N) is 2. The summed E-state index contributed by atoms with van der Waals surface area (Å²) in [5, 5.41) is 12.9. The van der Waals surface area contributed by atoms with Gasteiger partial charge in [0.1, 0.15) is 0 Å². The summed E-state index contributed by atoms with van der Waals surface area (Å²) in [6, 6.07) is 9.19. The van der Waals surface area contributed by atoms with Gasteiger partial charge < -0.3 is 20.5 Å². The zero-order chi connectivity index (χ0) is 21.4. The summed E-state index contributed by atoms with van der Waals surface area (Å²) in [5.74, 6) is 0.714. The summed E-state index contributed by atoms with van der Waals surface area (Å²) < 4.78 is 5.33. The summed E-state index contributed by atoms with van der Waals surface area (Å²) in [5.41, 5.74) is -0.195. The largest absolute Gasteiger partial charge is 0.340 e. The van der Waals surface area contributed by atoms with Crippen LogP contribution in [-0.4, -0.2) is 34.7 Å². The molecule has 3 N–H and O–H groups in total. The van der Waals surface area contributed by atoms with E-state index < -0.39 is 5.54 Å². The van der Waals surface area contributed by atoms with Gasteiger partial charge in [0.2, 0.25) is 5.89 Å². The Labute approximate surface area is 177 Å². The van der Waals surface area contributed by atoms with E-state index in [1.54, 1.807) is 12.1 Å². The van der Waals surface area contributed by atoms with Crippen molar-refractivity contribution in [2.75, 3.05) is 6.54 Å². The molecule has 0 unspecified atom stereocenters. The number of aryl methyl sites for hydroxylation is 1. The molecule has 2 aromatic rings. The van der Waals surface area contributed by atoms with Crippen LogP contribution in [-0.2, 0) is 12.0 Å². The van der Waals surface area contributed by atoms with Crippen molar-refractivity contribution in [1.82, 2.24) is 26.1 Å². The van der Waals surface area contributed by atoms with Crippen molar-refractivity contribution < 1.29 is 14.1 Å². The van der Waals surface area contributed by atoms with Crippen molar-refractivity contribution in [1.29, 1.82) is 0 Å². The van der Waals surface area contributed by atoms with Crippen LogP contribution in [0.3, 0.4) is 0 Å². The van der Waals surface area contributed by atoms with Crippen LogP contribution < -0.4 is 16.0 Å². The number of benzene rings is 1. The van der Waals surface area contributed by atoms with E-state index in [1.807, 2.05) is 32.0 Å². The molecule has 1 aliphatic carbocycles. The molecule has 1 heterocycles. The number of urea groups is 1. The number of aromatic nitrogens is 2. The normalized spacial score (nSPS) is 14.9. The van der Waals surface area contributed by atoms with Crippen molar-refractivity contribution in [2.45, 2.75) is 70.4 Å². The van der Waals surface area contributed by atoms with E-state index in [4.69, 9.17) is 4.52 Å². The Kier molecular flexibility index (Phi) is 7.43. The Hall–Kier alpha value is -2.90. The standard InChI is InChI=1S/C22H31N5O3/c1-22(2,26-19(28)16-10-5-3-6-11-16)20-25-18(30-27-20)14-9-15-23-21(29)24-17-12-7-4-8-13-17/h3,5-6,10-11,17H,4,7-9,12-15H2,1-2H3,(H,26,28)(H2,23,24,29). The highest BCUT2D eigenvalue weighted by Gasteiger charge is 2.29. The first kappa shape index (κ1) is 21.8. The average molecular weight is 414 g/mol. The van der Waals surface area contributed by atoms with Gasteiger partial charge in [-0.05, 0) is 45.2 Å². The summed E-state index contributed by atoms with van der Waals surface area (Å²) in [7, 11) is 0. The highest BCUT2D eigenvalue weighted by Crippen LogP contribution is 2.18. The molecule has 3 amide bonds. The molecule has 0 bridgehead atoms. The van der Waals surface area contributed by atoms with Crippen LogP contribution in [0, 0.1) is 0 Å². The molecule has 0 aliphatic heterocycles. The number of rotatable bonds is 8. The van der Waals surface area contributed by atoms with Gasteiger partial charge in [0, 0.05) is 24.6 Å². The zero-order valence-corrected chi connectivity index (χ0v) is 17.7. The molecule has 1 aromatic heterocycles. The predicted molar refractivity (Wildman–Crippen MR) is 113 cm³/mol.